The van der Waals surface area contributed by atoms with Gasteiger partial charge in [0.05, 0.1) is 0 Å². The van der Waals surface area contributed by atoms with Gasteiger partial charge in [-0.25, -0.2) is 4.39 Å². The molecule has 1 aliphatic carbocycles. The highest BCUT2D eigenvalue weighted by Gasteiger charge is 2.31. The predicted molar refractivity (Wildman–Crippen MR) is 84.6 cm³/mol. The fourth-order valence-corrected chi connectivity index (χ4v) is 3.29. The van der Waals surface area contributed by atoms with E-state index in [1.165, 1.54) is 38.2 Å². The first-order valence-electron chi connectivity index (χ1n) is 7.95. The summed E-state index contributed by atoms with van der Waals surface area (Å²) in [6, 6.07) is 5.80. The summed E-state index contributed by atoms with van der Waals surface area (Å²) < 4.78 is 13.6. The lowest BCUT2D eigenvalue weighted by Crippen LogP contribution is -2.32. The predicted octanol–water partition coefficient (Wildman–Crippen LogP) is 5.54. The lowest BCUT2D eigenvalue weighted by Gasteiger charge is -2.39. The Morgan fingerprint density at radius 2 is 1.85 bits per heavy atom. The highest BCUT2D eigenvalue weighted by Crippen LogP contribution is 2.41. The molecule has 0 amide bonds. The Balaban J connectivity index is 1.93. The molecule has 112 valence electrons. The standard InChI is InChI=1S/C18H28FN/c1-5-18(3,4)14-9-11-15(12-10-14)20-17-8-6-7-16(19)13(17)2/h6-8,14-15,20H,5,9-12H2,1-4H3. The van der Waals surface area contributed by atoms with Gasteiger partial charge >= 0.3 is 0 Å². The summed E-state index contributed by atoms with van der Waals surface area (Å²) >= 11 is 0. The van der Waals surface area contributed by atoms with E-state index in [1.807, 2.05) is 13.0 Å². The van der Waals surface area contributed by atoms with Gasteiger partial charge in [0.1, 0.15) is 5.82 Å². The van der Waals surface area contributed by atoms with E-state index in [1.54, 1.807) is 6.07 Å². The Hall–Kier alpha value is -1.05. The van der Waals surface area contributed by atoms with Gasteiger partial charge in [-0.1, -0.05) is 33.3 Å². The van der Waals surface area contributed by atoms with Crippen LogP contribution in [-0.2, 0) is 0 Å². The van der Waals surface area contributed by atoms with E-state index >= 15 is 0 Å². The van der Waals surface area contributed by atoms with Gasteiger partial charge in [-0.3, -0.25) is 0 Å². The number of nitrogens with one attached hydrogen (secondary N) is 1. The monoisotopic (exact) mass is 277 g/mol. The minimum atomic E-state index is -0.115. The highest BCUT2D eigenvalue weighted by atomic mass is 19.1. The van der Waals surface area contributed by atoms with Crippen molar-refractivity contribution in [3.63, 3.8) is 0 Å². The normalized spacial score (nSPS) is 23.6. The van der Waals surface area contributed by atoms with E-state index in [-0.39, 0.29) is 5.82 Å². The minimum Gasteiger partial charge on any atom is -0.382 e. The molecular weight excluding hydrogens is 249 g/mol. The minimum absolute atomic E-state index is 0.115. The van der Waals surface area contributed by atoms with Gasteiger partial charge in [0.25, 0.3) is 0 Å². The molecule has 2 heteroatoms. The second-order valence-electron chi connectivity index (χ2n) is 6.95. The van der Waals surface area contributed by atoms with Crippen LogP contribution in [0.4, 0.5) is 10.1 Å². The zero-order valence-corrected chi connectivity index (χ0v) is 13.3. The van der Waals surface area contributed by atoms with Gasteiger partial charge in [-0.15, -0.1) is 0 Å². The van der Waals surface area contributed by atoms with Gasteiger partial charge < -0.3 is 5.32 Å². The molecule has 1 aromatic rings. The maximum Gasteiger partial charge on any atom is 0.128 e. The number of benzene rings is 1. The first-order valence-corrected chi connectivity index (χ1v) is 7.95. The quantitative estimate of drug-likeness (QED) is 0.761. The third kappa shape index (κ3) is 3.34. The number of halogens is 1. The molecular formula is C18H28FN. The van der Waals surface area contributed by atoms with Gasteiger partial charge in [0, 0.05) is 17.3 Å². The molecule has 1 aliphatic rings. The van der Waals surface area contributed by atoms with Crippen molar-refractivity contribution in [3.8, 4) is 0 Å². The van der Waals surface area contributed by atoms with Crippen molar-refractivity contribution in [1.29, 1.82) is 0 Å². The Morgan fingerprint density at radius 3 is 2.45 bits per heavy atom. The van der Waals surface area contributed by atoms with Crippen molar-refractivity contribution in [3.05, 3.63) is 29.6 Å². The molecule has 0 bridgehead atoms. The zero-order valence-electron chi connectivity index (χ0n) is 13.3. The summed E-state index contributed by atoms with van der Waals surface area (Å²) in [7, 11) is 0. The molecule has 0 radical (unpaired) electrons. The number of hydrogen-bond acceptors (Lipinski definition) is 1. The van der Waals surface area contributed by atoms with Gasteiger partial charge in [0.2, 0.25) is 0 Å². The molecule has 0 atom stereocenters. The lowest BCUT2D eigenvalue weighted by atomic mass is 9.69. The first-order chi connectivity index (χ1) is 9.44. The first kappa shape index (κ1) is 15.3. The van der Waals surface area contributed by atoms with E-state index in [4.69, 9.17) is 0 Å². The molecule has 0 spiro atoms. The summed E-state index contributed by atoms with van der Waals surface area (Å²) in [6.07, 6.45) is 6.21. The topological polar surface area (TPSA) is 12.0 Å². The van der Waals surface area contributed by atoms with Crippen LogP contribution in [-0.4, -0.2) is 6.04 Å². The van der Waals surface area contributed by atoms with E-state index < -0.39 is 0 Å². The van der Waals surface area contributed by atoms with Crippen LogP contribution in [0.15, 0.2) is 18.2 Å². The second-order valence-corrected chi connectivity index (χ2v) is 6.95. The Kier molecular flexibility index (Phi) is 4.72. The smallest absolute Gasteiger partial charge is 0.128 e. The molecule has 0 saturated heterocycles. The lowest BCUT2D eigenvalue weighted by molar-refractivity contribution is 0.147. The second kappa shape index (κ2) is 6.15. The number of rotatable bonds is 4. The van der Waals surface area contributed by atoms with Crippen molar-refractivity contribution in [1.82, 2.24) is 0 Å². The molecule has 20 heavy (non-hydrogen) atoms. The summed E-state index contributed by atoms with van der Waals surface area (Å²) in [5.74, 6) is 0.718. The summed E-state index contributed by atoms with van der Waals surface area (Å²) in [4.78, 5) is 0. The fourth-order valence-electron chi connectivity index (χ4n) is 3.29. The third-order valence-corrected chi connectivity index (χ3v) is 5.37. The molecule has 1 nitrogen and oxygen atoms in total. The molecule has 1 aromatic carbocycles. The van der Waals surface area contributed by atoms with Crippen LogP contribution < -0.4 is 5.32 Å². The summed E-state index contributed by atoms with van der Waals surface area (Å²) in [5.41, 5.74) is 2.16. The van der Waals surface area contributed by atoms with Gasteiger partial charge in [0.15, 0.2) is 0 Å². The van der Waals surface area contributed by atoms with Crippen molar-refractivity contribution < 1.29 is 4.39 Å². The largest absolute Gasteiger partial charge is 0.382 e. The van der Waals surface area contributed by atoms with Crippen LogP contribution in [0.5, 0.6) is 0 Å². The maximum absolute atomic E-state index is 13.6. The van der Waals surface area contributed by atoms with Crippen molar-refractivity contribution in [2.45, 2.75) is 65.8 Å². The van der Waals surface area contributed by atoms with Crippen LogP contribution in [0.25, 0.3) is 0 Å². The number of hydrogen-bond donors (Lipinski definition) is 1. The molecule has 1 fully saturated rings. The van der Waals surface area contributed by atoms with Crippen LogP contribution in [0.1, 0.15) is 58.4 Å². The van der Waals surface area contributed by atoms with E-state index in [9.17, 15) is 4.39 Å². The van der Waals surface area contributed by atoms with Crippen LogP contribution in [0.3, 0.4) is 0 Å². The van der Waals surface area contributed by atoms with Crippen LogP contribution in [0.2, 0.25) is 0 Å². The SMILES string of the molecule is CCC(C)(C)C1CCC(Nc2cccc(F)c2C)CC1. The Bertz CT molecular complexity index is 445. The van der Waals surface area contributed by atoms with Crippen molar-refractivity contribution in [2.75, 3.05) is 5.32 Å². The number of anilines is 1. The van der Waals surface area contributed by atoms with E-state index in [2.05, 4.69) is 26.1 Å². The van der Waals surface area contributed by atoms with Crippen molar-refractivity contribution >= 4 is 5.69 Å². The Morgan fingerprint density at radius 1 is 1.20 bits per heavy atom. The maximum atomic E-state index is 13.6. The van der Waals surface area contributed by atoms with Crippen LogP contribution >= 0.6 is 0 Å². The zero-order chi connectivity index (χ0) is 14.8. The average molecular weight is 277 g/mol. The molecule has 0 unspecified atom stereocenters. The fraction of sp³-hybridized carbons (Fsp3) is 0.667. The molecule has 0 aliphatic heterocycles. The van der Waals surface area contributed by atoms with Gasteiger partial charge in [-0.2, -0.15) is 0 Å². The van der Waals surface area contributed by atoms with E-state index in [0.717, 1.165) is 17.2 Å². The highest BCUT2D eigenvalue weighted by molar-refractivity contribution is 5.51. The molecule has 2 rings (SSSR count). The summed E-state index contributed by atoms with van der Waals surface area (Å²) in [5, 5.41) is 3.54. The van der Waals surface area contributed by atoms with Crippen molar-refractivity contribution in [2.24, 2.45) is 11.3 Å². The molecule has 0 aromatic heterocycles. The molecule has 1 saturated carbocycles. The van der Waals surface area contributed by atoms with E-state index in [0.29, 0.717) is 11.5 Å². The van der Waals surface area contributed by atoms with Crippen LogP contribution in [0, 0.1) is 24.1 Å². The third-order valence-electron chi connectivity index (χ3n) is 5.37. The molecule has 0 heterocycles. The summed E-state index contributed by atoms with van der Waals surface area (Å²) in [6.45, 7) is 8.92. The Labute approximate surface area is 123 Å². The average Bonchev–Trinajstić information content (AvgIpc) is 2.44. The van der Waals surface area contributed by atoms with Gasteiger partial charge in [-0.05, 0) is 56.1 Å². The molecule has 1 N–H and O–H groups in total.